The molecule has 0 radical (unpaired) electrons. The van der Waals surface area contributed by atoms with E-state index in [1.807, 2.05) is 6.26 Å². The minimum Gasteiger partial charge on any atom is -0.461 e. The average molecular weight is 316 g/mol. The molecular formula is C13H24N2O3SSi. The molecule has 0 atom stereocenters. The van der Waals surface area contributed by atoms with E-state index in [1.165, 1.54) is 11.8 Å². The number of hydrogen-bond donors (Lipinski definition) is 0. The van der Waals surface area contributed by atoms with Crippen molar-refractivity contribution in [3.63, 3.8) is 0 Å². The number of thioether (sulfide) groups is 1. The molecule has 1 heterocycles. The van der Waals surface area contributed by atoms with Crippen LogP contribution < -0.4 is 0 Å². The van der Waals surface area contributed by atoms with Gasteiger partial charge >= 0.3 is 5.97 Å². The number of hydrogen-bond acceptors (Lipinski definition) is 5. The molecule has 0 aromatic carbocycles. The van der Waals surface area contributed by atoms with E-state index in [2.05, 4.69) is 24.6 Å². The molecular weight excluding hydrogens is 292 g/mol. The van der Waals surface area contributed by atoms with Crippen LogP contribution in [0.1, 0.15) is 17.4 Å². The molecule has 20 heavy (non-hydrogen) atoms. The number of imidazole rings is 1. The van der Waals surface area contributed by atoms with Crippen molar-refractivity contribution < 1.29 is 14.3 Å². The summed E-state index contributed by atoms with van der Waals surface area (Å²) in [4.78, 5) is 16.1. The Balaban J connectivity index is 2.67. The summed E-state index contributed by atoms with van der Waals surface area (Å²) in [6, 6.07) is 1.10. The number of carbonyl (C=O) groups excluding carboxylic acids is 1. The molecule has 5 nitrogen and oxygen atoms in total. The second kappa shape index (κ2) is 7.85. The van der Waals surface area contributed by atoms with Crippen molar-refractivity contribution in [3.8, 4) is 0 Å². The topological polar surface area (TPSA) is 53.3 Å². The number of ether oxygens (including phenoxy) is 2. The molecule has 0 fully saturated rings. The van der Waals surface area contributed by atoms with E-state index < -0.39 is 8.07 Å². The molecule has 0 aliphatic heterocycles. The summed E-state index contributed by atoms with van der Waals surface area (Å²) in [6.45, 7) is 10.1. The Kier molecular flexibility index (Phi) is 6.77. The van der Waals surface area contributed by atoms with Gasteiger partial charge in [0.1, 0.15) is 12.4 Å². The molecule has 1 aromatic heterocycles. The van der Waals surface area contributed by atoms with Crippen molar-refractivity contribution in [3.05, 3.63) is 11.9 Å². The molecule has 0 aliphatic rings. The van der Waals surface area contributed by atoms with Crippen molar-refractivity contribution >= 4 is 25.8 Å². The van der Waals surface area contributed by atoms with Crippen LogP contribution in [0.25, 0.3) is 0 Å². The fourth-order valence-electron chi connectivity index (χ4n) is 1.55. The number of rotatable bonds is 8. The monoisotopic (exact) mass is 316 g/mol. The van der Waals surface area contributed by atoms with Gasteiger partial charge in [-0.15, -0.1) is 0 Å². The predicted molar refractivity (Wildman–Crippen MR) is 84.1 cm³/mol. The largest absolute Gasteiger partial charge is 0.461 e. The van der Waals surface area contributed by atoms with Crippen LogP contribution in [-0.4, -0.2) is 43.1 Å². The molecule has 114 valence electrons. The number of carbonyl (C=O) groups is 1. The van der Waals surface area contributed by atoms with Gasteiger partial charge in [0.15, 0.2) is 5.16 Å². The van der Waals surface area contributed by atoms with Crippen molar-refractivity contribution in [2.75, 3.05) is 19.5 Å². The minimum atomic E-state index is -1.10. The maximum atomic E-state index is 11.8. The smallest absolute Gasteiger partial charge is 0.356 e. The first-order valence-electron chi connectivity index (χ1n) is 6.73. The van der Waals surface area contributed by atoms with Crippen LogP contribution in [0.15, 0.2) is 11.4 Å². The first kappa shape index (κ1) is 17.3. The van der Waals surface area contributed by atoms with Crippen molar-refractivity contribution in [1.82, 2.24) is 9.55 Å². The van der Waals surface area contributed by atoms with Gasteiger partial charge in [-0.3, -0.25) is 4.57 Å². The number of aromatic nitrogens is 2. The zero-order valence-corrected chi connectivity index (χ0v) is 14.7. The van der Waals surface area contributed by atoms with Crippen molar-refractivity contribution in [1.29, 1.82) is 0 Å². The van der Waals surface area contributed by atoms with Crippen molar-refractivity contribution in [2.45, 2.75) is 44.5 Å². The van der Waals surface area contributed by atoms with Crippen LogP contribution in [0.5, 0.6) is 0 Å². The lowest BCUT2D eigenvalue weighted by Crippen LogP contribution is -2.22. The summed E-state index contributed by atoms with van der Waals surface area (Å²) >= 11 is 1.49. The zero-order chi connectivity index (χ0) is 15.2. The normalized spacial score (nSPS) is 11.7. The van der Waals surface area contributed by atoms with E-state index >= 15 is 0 Å². The Bertz CT molecular complexity index is 443. The van der Waals surface area contributed by atoms with Gasteiger partial charge in [0.25, 0.3) is 0 Å². The Hall–Kier alpha value is -0.793. The van der Waals surface area contributed by atoms with Crippen LogP contribution in [0.3, 0.4) is 0 Å². The molecule has 0 saturated carbocycles. The SMILES string of the molecule is CCOC(=O)c1cnc(SC)n1COCC[Si](C)(C)C. The summed E-state index contributed by atoms with van der Waals surface area (Å²) in [5.41, 5.74) is 0.448. The van der Waals surface area contributed by atoms with E-state index in [0.29, 0.717) is 25.6 Å². The number of esters is 1. The highest BCUT2D eigenvalue weighted by Crippen LogP contribution is 2.17. The number of nitrogens with zero attached hydrogens (tertiary/aromatic N) is 2. The summed E-state index contributed by atoms with van der Waals surface area (Å²) < 4.78 is 12.5. The molecule has 1 aromatic rings. The van der Waals surface area contributed by atoms with Crippen LogP contribution >= 0.6 is 11.8 Å². The zero-order valence-electron chi connectivity index (χ0n) is 12.9. The maximum Gasteiger partial charge on any atom is 0.356 e. The standard InChI is InChI=1S/C13H24N2O3SSi/c1-6-18-12(16)11-9-14-13(19-2)15(11)10-17-7-8-20(3,4)5/h9H,6-8,10H2,1-5H3. The van der Waals surface area contributed by atoms with E-state index in [4.69, 9.17) is 9.47 Å². The molecule has 7 heteroatoms. The van der Waals surface area contributed by atoms with Gasteiger partial charge in [-0.05, 0) is 19.2 Å². The highest BCUT2D eigenvalue weighted by atomic mass is 32.2. The fourth-order valence-corrected chi connectivity index (χ4v) is 2.83. The lowest BCUT2D eigenvalue weighted by atomic mass is 10.5. The van der Waals surface area contributed by atoms with Gasteiger partial charge in [0.2, 0.25) is 0 Å². The second-order valence-electron chi connectivity index (χ2n) is 5.63. The average Bonchev–Trinajstić information content (AvgIpc) is 2.76. The summed E-state index contributed by atoms with van der Waals surface area (Å²) in [7, 11) is -1.10. The Morgan fingerprint density at radius 3 is 2.70 bits per heavy atom. The third-order valence-electron chi connectivity index (χ3n) is 2.70. The van der Waals surface area contributed by atoms with Crippen LogP contribution in [0.2, 0.25) is 25.7 Å². The van der Waals surface area contributed by atoms with Crippen molar-refractivity contribution in [2.24, 2.45) is 0 Å². The first-order chi connectivity index (χ1) is 9.39. The third kappa shape index (κ3) is 5.30. The first-order valence-corrected chi connectivity index (χ1v) is 11.7. The van der Waals surface area contributed by atoms with Gasteiger partial charge in [-0.25, -0.2) is 9.78 Å². The molecule has 1 rings (SSSR count). The minimum absolute atomic E-state index is 0.342. The van der Waals surface area contributed by atoms with Gasteiger partial charge in [0, 0.05) is 14.7 Å². The Morgan fingerprint density at radius 2 is 2.15 bits per heavy atom. The molecule has 0 unspecified atom stereocenters. The molecule has 0 amide bonds. The van der Waals surface area contributed by atoms with Crippen LogP contribution in [0, 0.1) is 0 Å². The van der Waals surface area contributed by atoms with E-state index in [9.17, 15) is 4.79 Å². The summed E-state index contributed by atoms with van der Waals surface area (Å²) in [5.74, 6) is -0.353. The molecule has 0 spiro atoms. The van der Waals surface area contributed by atoms with Crippen LogP contribution in [-0.2, 0) is 16.2 Å². The van der Waals surface area contributed by atoms with E-state index in [-0.39, 0.29) is 5.97 Å². The third-order valence-corrected chi connectivity index (χ3v) is 5.10. The van der Waals surface area contributed by atoms with Crippen LogP contribution in [0.4, 0.5) is 0 Å². The van der Waals surface area contributed by atoms with Gasteiger partial charge in [0.05, 0.1) is 12.8 Å². The highest BCUT2D eigenvalue weighted by Gasteiger charge is 2.18. The lowest BCUT2D eigenvalue weighted by Gasteiger charge is -2.16. The summed E-state index contributed by atoms with van der Waals surface area (Å²) in [6.07, 6.45) is 3.47. The lowest BCUT2D eigenvalue weighted by molar-refractivity contribution is 0.0463. The molecule has 0 saturated heterocycles. The molecule has 0 aliphatic carbocycles. The quantitative estimate of drug-likeness (QED) is 0.319. The maximum absolute atomic E-state index is 11.8. The predicted octanol–water partition coefficient (Wildman–Crippen LogP) is 3.09. The Morgan fingerprint density at radius 1 is 1.45 bits per heavy atom. The van der Waals surface area contributed by atoms with Gasteiger partial charge < -0.3 is 9.47 Å². The van der Waals surface area contributed by atoms with E-state index in [1.54, 1.807) is 17.7 Å². The van der Waals surface area contributed by atoms with Gasteiger partial charge in [-0.2, -0.15) is 0 Å². The fraction of sp³-hybridized carbons (Fsp3) is 0.692. The van der Waals surface area contributed by atoms with Gasteiger partial charge in [-0.1, -0.05) is 31.4 Å². The molecule has 0 N–H and O–H groups in total. The van der Waals surface area contributed by atoms with E-state index in [0.717, 1.165) is 11.2 Å². The highest BCUT2D eigenvalue weighted by molar-refractivity contribution is 7.98. The summed E-state index contributed by atoms with van der Waals surface area (Å²) in [5, 5.41) is 0.765. The second-order valence-corrected chi connectivity index (χ2v) is 12.0. The Labute approximate surface area is 126 Å². The molecule has 0 bridgehead atoms.